The van der Waals surface area contributed by atoms with Crippen molar-refractivity contribution in [1.29, 1.82) is 0 Å². The molecule has 0 spiro atoms. The second kappa shape index (κ2) is 5.76. The summed E-state index contributed by atoms with van der Waals surface area (Å²) in [6, 6.07) is 15.2. The fraction of sp³-hybridized carbons (Fsp3) is 0.263. The number of benzene rings is 2. The second-order valence-electron chi connectivity index (χ2n) is 6.35. The van der Waals surface area contributed by atoms with Crippen LogP contribution in [-0.4, -0.2) is 19.4 Å². The van der Waals surface area contributed by atoms with E-state index in [1.54, 1.807) is 12.1 Å². The molecule has 3 aromatic rings. The van der Waals surface area contributed by atoms with Crippen LogP contribution in [0.5, 0.6) is 0 Å². The van der Waals surface area contributed by atoms with E-state index in [2.05, 4.69) is 28.8 Å². The van der Waals surface area contributed by atoms with Crippen molar-refractivity contribution in [2.45, 2.75) is 37.1 Å². The van der Waals surface area contributed by atoms with Gasteiger partial charge in [0.2, 0.25) is 10.0 Å². The van der Waals surface area contributed by atoms with Crippen LogP contribution in [0.3, 0.4) is 0 Å². The second-order valence-corrected chi connectivity index (χ2v) is 8.07. The Bertz CT molecular complexity index is 988. The monoisotopic (exact) mass is 340 g/mol. The molecular formula is C19H20N2O2S. The number of aryl methyl sites for hydroxylation is 1. The molecule has 4 nitrogen and oxygen atoms in total. The molecule has 0 fully saturated rings. The molecule has 0 saturated carbocycles. The molecular weight excluding hydrogens is 320 g/mol. The smallest absolute Gasteiger partial charge is 0.240 e. The van der Waals surface area contributed by atoms with E-state index in [4.69, 9.17) is 0 Å². The van der Waals surface area contributed by atoms with Crippen LogP contribution in [0.15, 0.2) is 53.4 Å². The van der Waals surface area contributed by atoms with Crippen LogP contribution < -0.4 is 4.72 Å². The van der Waals surface area contributed by atoms with Crippen molar-refractivity contribution in [2.75, 3.05) is 0 Å². The number of rotatable bonds is 4. The highest BCUT2D eigenvalue weighted by molar-refractivity contribution is 7.89. The maximum absolute atomic E-state index is 12.6. The number of para-hydroxylation sites is 1. The zero-order valence-electron chi connectivity index (χ0n) is 13.5. The number of sulfonamides is 1. The minimum Gasteiger partial charge on any atom is -0.358 e. The molecule has 124 valence electrons. The first-order valence-electron chi connectivity index (χ1n) is 8.26. The number of aromatic amines is 1. The summed E-state index contributed by atoms with van der Waals surface area (Å²) in [5, 5.41) is 1.20. The molecule has 0 bridgehead atoms. The molecule has 0 saturated heterocycles. The van der Waals surface area contributed by atoms with Gasteiger partial charge >= 0.3 is 0 Å². The van der Waals surface area contributed by atoms with E-state index in [0.717, 1.165) is 29.6 Å². The highest BCUT2D eigenvalue weighted by atomic mass is 32.2. The summed E-state index contributed by atoms with van der Waals surface area (Å²) in [7, 11) is -3.48. The Kier molecular flexibility index (Phi) is 3.70. The van der Waals surface area contributed by atoms with Gasteiger partial charge in [0.1, 0.15) is 0 Å². The van der Waals surface area contributed by atoms with Gasteiger partial charge < -0.3 is 4.98 Å². The summed E-state index contributed by atoms with van der Waals surface area (Å²) in [5.41, 5.74) is 4.64. The summed E-state index contributed by atoms with van der Waals surface area (Å²) in [6.45, 7) is 2.05. The number of nitrogens with one attached hydrogen (secondary N) is 2. The van der Waals surface area contributed by atoms with E-state index in [0.29, 0.717) is 11.3 Å². The number of aromatic nitrogens is 1. The van der Waals surface area contributed by atoms with E-state index in [9.17, 15) is 8.42 Å². The van der Waals surface area contributed by atoms with Crippen LogP contribution in [0.1, 0.15) is 23.7 Å². The number of hydrogen-bond acceptors (Lipinski definition) is 2. The largest absolute Gasteiger partial charge is 0.358 e. The molecule has 2 N–H and O–H groups in total. The third-order valence-electron chi connectivity index (χ3n) is 4.77. The van der Waals surface area contributed by atoms with E-state index in [1.165, 1.54) is 10.9 Å². The Hall–Kier alpha value is -2.11. The average Bonchev–Trinajstić information content (AvgIpc) is 3.11. The van der Waals surface area contributed by atoms with Gasteiger partial charge in [-0.05, 0) is 42.2 Å². The fourth-order valence-electron chi connectivity index (χ4n) is 3.50. The van der Waals surface area contributed by atoms with E-state index in [-0.39, 0.29) is 6.04 Å². The summed E-state index contributed by atoms with van der Waals surface area (Å²) >= 11 is 0. The van der Waals surface area contributed by atoms with Gasteiger partial charge in [0.05, 0.1) is 4.90 Å². The Morgan fingerprint density at radius 3 is 2.58 bits per heavy atom. The lowest BCUT2D eigenvalue weighted by Gasteiger charge is -2.13. The predicted octanol–water partition coefficient (Wildman–Crippen LogP) is 3.18. The number of fused-ring (bicyclic) bond motifs is 3. The maximum atomic E-state index is 12.6. The topological polar surface area (TPSA) is 62.0 Å². The Labute approximate surface area is 142 Å². The summed E-state index contributed by atoms with van der Waals surface area (Å²) in [5.74, 6) is 0. The molecule has 24 heavy (non-hydrogen) atoms. The van der Waals surface area contributed by atoms with Crippen molar-refractivity contribution in [1.82, 2.24) is 9.71 Å². The molecule has 0 radical (unpaired) electrons. The molecule has 1 aliphatic rings. The summed E-state index contributed by atoms with van der Waals surface area (Å²) < 4.78 is 28.1. The zero-order chi connectivity index (χ0) is 16.7. The maximum Gasteiger partial charge on any atom is 0.240 e. The first kappa shape index (κ1) is 15.4. The van der Waals surface area contributed by atoms with Crippen molar-refractivity contribution < 1.29 is 8.42 Å². The summed E-state index contributed by atoms with van der Waals surface area (Å²) in [6.07, 6.45) is 2.33. The lowest BCUT2D eigenvalue weighted by atomic mass is 10.1. The molecule has 2 aromatic carbocycles. The van der Waals surface area contributed by atoms with Crippen molar-refractivity contribution in [2.24, 2.45) is 0 Å². The molecule has 1 aliphatic carbocycles. The van der Waals surface area contributed by atoms with Crippen molar-refractivity contribution in [3.05, 3.63) is 65.4 Å². The molecule has 1 heterocycles. The lowest BCUT2D eigenvalue weighted by Crippen LogP contribution is -2.35. The molecule has 1 atom stereocenters. The van der Waals surface area contributed by atoms with Gasteiger partial charge in [0, 0.05) is 29.1 Å². The SMILES string of the molecule is CCc1ccc(S(=O)(=O)NC2Cc3[nH]c4ccccc4c3C2)cc1. The lowest BCUT2D eigenvalue weighted by molar-refractivity contribution is 0.555. The van der Waals surface area contributed by atoms with Gasteiger partial charge in [-0.25, -0.2) is 13.1 Å². The van der Waals surface area contributed by atoms with E-state index in [1.807, 2.05) is 24.3 Å². The van der Waals surface area contributed by atoms with Crippen molar-refractivity contribution in [3.63, 3.8) is 0 Å². The van der Waals surface area contributed by atoms with Crippen LogP contribution >= 0.6 is 0 Å². The van der Waals surface area contributed by atoms with Crippen LogP contribution in [0, 0.1) is 0 Å². The molecule has 1 unspecified atom stereocenters. The molecule has 4 rings (SSSR count). The minimum absolute atomic E-state index is 0.0910. The Balaban J connectivity index is 1.55. The minimum atomic E-state index is -3.48. The van der Waals surface area contributed by atoms with Gasteiger partial charge in [0.25, 0.3) is 0 Å². The zero-order valence-corrected chi connectivity index (χ0v) is 14.4. The predicted molar refractivity (Wildman–Crippen MR) is 95.6 cm³/mol. The number of hydrogen-bond donors (Lipinski definition) is 2. The fourth-order valence-corrected chi connectivity index (χ4v) is 4.74. The molecule has 5 heteroatoms. The van der Waals surface area contributed by atoms with Crippen molar-refractivity contribution in [3.8, 4) is 0 Å². The third-order valence-corrected chi connectivity index (χ3v) is 6.30. The Morgan fingerprint density at radius 2 is 1.83 bits per heavy atom. The van der Waals surface area contributed by atoms with Gasteiger partial charge in [-0.2, -0.15) is 0 Å². The van der Waals surface area contributed by atoms with Gasteiger partial charge in [0.15, 0.2) is 0 Å². The average molecular weight is 340 g/mol. The van der Waals surface area contributed by atoms with Crippen LogP contribution in [-0.2, 0) is 29.3 Å². The standard InChI is InChI=1S/C19H20N2O2S/c1-2-13-7-9-15(10-8-13)24(22,23)21-14-11-17-16-5-3-4-6-18(16)20-19(17)12-14/h3-10,14,20-21H,2,11-12H2,1H3. The van der Waals surface area contributed by atoms with Gasteiger partial charge in [-0.15, -0.1) is 0 Å². The quantitative estimate of drug-likeness (QED) is 0.766. The highest BCUT2D eigenvalue weighted by Crippen LogP contribution is 2.30. The highest BCUT2D eigenvalue weighted by Gasteiger charge is 2.29. The number of H-pyrrole nitrogens is 1. The van der Waals surface area contributed by atoms with Crippen LogP contribution in [0.25, 0.3) is 10.9 Å². The Morgan fingerprint density at radius 1 is 1.08 bits per heavy atom. The normalized spacial score (nSPS) is 17.3. The third kappa shape index (κ3) is 2.64. The summed E-state index contributed by atoms with van der Waals surface area (Å²) in [4.78, 5) is 3.75. The molecule has 0 aliphatic heterocycles. The first-order valence-corrected chi connectivity index (χ1v) is 9.75. The van der Waals surface area contributed by atoms with E-state index < -0.39 is 10.0 Å². The first-order chi connectivity index (χ1) is 11.6. The van der Waals surface area contributed by atoms with Crippen LogP contribution in [0.4, 0.5) is 0 Å². The van der Waals surface area contributed by atoms with E-state index >= 15 is 0 Å². The van der Waals surface area contributed by atoms with Gasteiger partial charge in [-0.1, -0.05) is 37.3 Å². The molecule has 1 aromatic heterocycles. The van der Waals surface area contributed by atoms with Crippen LogP contribution in [0.2, 0.25) is 0 Å². The van der Waals surface area contributed by atoms with Gasteiger partial charge in [-0.3, -0.25) is 0 Å². The van der Waals surface area contributed by atoms with Crippen molar-refractivity contribution >= 4 is 20.9 Å². The molecule has 0 amide bonds.